The Kier molecular flexibility index (Phi) is 5.14. The predicted octanol–water partition coefficient (Wildman–Crippen LogP) is 3.71. The van der Waals surface area contributed by atoms with Crippen molar-refractivity contribution in [2.75, 3.05) is 0 Å². The van der Waals surface area contributed by atoms with Crippen LogP contribution in [0.1, 0.15) is 48.5 Å². The molecule has 1 unspecified atom stereocenters. The molecule has 0 saturated heterocycles. The van der Waals surface area contributed by atoms with E-state index < -0.39 is 21.5 Å². The van der Waals surface area contributed by atoms with E-state index in [-0.39, 0.29) is 5.25 Å². The van der Waals surface area contributed by atoms with Crippen molar-refractivity contribution < 1.29 is 9.00 Å². The summed E-state index contributed by atoms with van der Waals surface area (Å²) in [6, 6.07) is 19.6. The van der Waals surface area contributed by atoms with Crippen LogP contribution >= 0.6 is 0 Å². The molecule has 1 amide bonds. The monoisotopic (exact) mass is 341 g/mol. The second-order valence-corrected chi connectivity index (χ2v) is 8.27. The quantitative estimate of drug-likeness (QED) is 0.901. The molecule has 24 heavy (non-hydrogen) atoms. The first kappa shape index (κ1) is 16.9. The second-order valence-electron chi connectivity index (χ2n) is 6.42. The third-order valence-corrected chi connectivity index (χ3v) is 7.27. The smallest absolute Gasteiger partial charge is 0.236 e. The summed E-state index contributed by atoms with van der Waals surface area (Å²) >= 11 is 0. The maximum atomic E-state index is 13.7. The number of hydrogen-bond acceptors (Lipinski definition) is 2. The first-order chi connectivity index (χ1) is 11.6. The van der Waals surface area contributed by atoms with Crippen LogP contribution in [-0.4, -0.2) is 14.9 Å². The van der Waals surface area contributed by atoms with E-state index >= 15 is 0 Å². The molecule has 0 heterocycles. The minimum absolute atomic E-state index is 0.335. The van der Waals surface area contributed by atoms with Gasteiger partial charge in [-0.15, -0.1) is 0 Å². The molecule has 4 heteroatoms. The Hall–Kier alpha value is -1.94. The van der Waals surface area contributed by atoms with Gasteiger partial charge in [0.2, 0.25) is 5.91 Å². The van der Waals surface area contributed by atoms with Gasteiger partial charge in [0.05, 0.1) is 5.25 Å². The highest BCUT2D eigenvalue weighted by atomic mass is 32.2. The van der Waals surface area contributed by atoms with Crippen LogP contribution in [0.3, 0.4) is 0 Å². The van der Waals surface area contributed by atoms with Crippen LogP contribution in [0.25, 0.3) is 0 Å². The summed E-state index contributed by atoms with van der Waals surface area (Å²) in [5.74, 6) is -0.419. The average molecular weight is 341 g/mol. The molecule has 1 fully saturated rings. The first-order valence-electron chi connectivity index (χ1n) is 8.46. The van der Waals surface area contributed by atoms with Gasteiger partial charge in [0.25, 0.3) is 0 Å². The molecule has 1 saturated carbocycles. The zero-order chi connectivity index (χ0) is 17.0. The van der Waals surface area contributed by atoms with Gasteiger partial charge < -0.3 is 5.73 Å². The molecule has 126 valence electrons. The van der Waals surface area contributed by atoms with E-state index in [1.807, 2.05) is 60.7 Å². The molecule has 1 aliphatic rings. The Morgan fingerprint density at radius 2 is 1.33 bits per heavy atom. The van der Waals surface area contributed by atoms with Gasteiger partial charge >= 0.3 is 0 Å². The maximum Gasteiger partial charge on any atom is 0.236 e. The summed E-state index contributed by atoms with van der Waals surface area (Å²) < 4.78 is 12.8. The lowest BCUT2D eigenvalue weighted by molar-refractivity contribution is -0.121. The fourth-order valence-electron chi connectivity index (χ4n) is 3.59. The Balaban J connectivity index is 2.08. The van der Waals surface area contributed by atoms with Crippen LogP contribution in [0, 0.1) is 0 Å². The van der Waals surface area contributed by atoms with Crippen molar-refractivity contribution in [1.82, 2.24) is 0 Å². The summed E-state index contributed by atoms with van der Waals surface area (Å²) in [6.07, 6.45) is 4.12. The zero-order valence-corrected chi connectivity index (χ0v) is 14.5. The predicted molar refractivity (Wildman–Crippen MR) is 97.9 cm³/mol. The summed E-state index contributed by atoms with van der Waals surface area (Å²) in [6.45, 7) is 0. The molecule has 2 aromatic rings. The lowest BCUT2D eigenvalue weighted by Crippen LogP contribution is -2.50. The molecule has 0 spiro atoms. The Morgan fingerprint density at radius 1 is 0.875 bits per heavy atom. The third kappa shape index (κ3) is 3.16. The van der Waals surface area contributed by atoms with Crippen molar-refractivity contribution in [2.24, 2.45) is 5.73 Å². The Morgan fingerprint density at radius 3 is 1.75 bits per heavy atom. The molecule has 1 atom stereocenters. The lowest BCUT2D eigenvalue weighted by Gasteiger charge is -2.36. The van der Waals surface area contributed by atoms with Gasteiger partial charge in [-0.2, -0.15) is 0 Å². The van der Waals surface area contributed by atoms with Crippen molar-refractivity contribution in [1.29, 1.82) is 0 Å². The van der Waals surface area contributed by atoms with Gasteiger partial charge in [0.15, 0.2) is 0 Å². The van der Waals surface area contributed by atoms with E-state index in [1.165, 1.54) is 0 Å². The van der Waals surface area contributed by atoms with Crippen molar-refractivity contribution >= 4 is 16.7 Å². The van der Waals surface area contributed by atoms with Crippen molar-refractivity contribution in [2.45, 2.75) is 42.1 Å². The molecule has 3 rings (SSSR count). The highest BCUT2D eigenvalue weighted by Gasteiger charge is 2.47. The van der Waals surface area contributed by atoms with E-state index in [1.54, 1.807) is 0 Å². The van der Waals surface area contributed by atoms with Crippen molar-refractivity contribution in [3.8, 4) is 0 Å². The number of carbonyl (C=O) groups is 1. The number of rotatable bonds is 5. The van der Waals surface area contributed by atoms with Crippen LogP contribution in [0.15, 0.2) is 60.7 Å². The van der Waals surface area contributed by atoms with Gasteiger partial charge in [0.1, 0.15) is 4.75 Å². The Bertz CT molecular complexity index is 669. The normalized spacial score (nSPS) is 18.2. The second kappa shape index (κ2) is 7.31. The fraction of sp³-hybridized carbons (Fsp3) is 0.350. The number of amides is 1. The van der Waals surface area contributed by atoms with Crippen LogP contribution < -0.4 is 5.73 Å². The van der Waals surface area contributed by atoms with E-state index in [0.717, 1.165) is 30.4 Å². The highest BCUT2D eigenvalue weighted by Crippen LogP contribution is 2.41. The summed E-state index contributed by atoms with van der Waals surface area (Å²) in [4.78, 5) is 12.3. The number of benzene rings is 2. The van der Waals surface area contributed by atoms with Crippen molar-refractivity contribution in [3.63, 3.8) is 0 Å². The van der Waals surface area contributed by atoms with Crippen LogP contribution in [0.5, 0.6) is 0 Å². The van der Waals surface area contributed by atoms with Gasteiger partial charge in [0, 0.05) is 10.8 Å². The molecule has 0 radical (unpaired) electrons. The van der Waals surface area contributed by atoms with Crippen LogP contribution in [0.4, 0.5) is 0 Å². The number of nitrogens with two attached hydrogens (primary N) is 1. The number of carbonyl (C=O) groups excluding carboxylic acids is 1. The summed E-state index contributed by atoms with van der Waals surface area (Å²) in [5, 5.41) is -0.335. The molecular weight excluding hydrogens is 318 g/mol. The molecule has 0 aromatic heterocycles. The molecule has 2 N–H and O–H groups in total. The standard InChI is InChI=1S/C20H23NO2S/c21-19(22)20(14-8-3-9-15-20)24(23)18(16-10-4-1-5-11-16)17-12-6-2-7-13-17/h1-2,4-7,10-13,18H,3,8-9,14-15H2,(H2,21,22). The SMILES string of the molecule is NC(=O)C1(S(=O)C(c2ccccc2)c2ccccc2)CCCCC1. The van der Waals surface area contributed by atoms with Gasteiger partial charge in [-0.1, -0.05) is 79.9 Å². The molecule has 3 nitrogen and oxygen atoms in total. The van der Waals surface area contributed by atoms with Crippen LogP contribution in [0.2, 0.25) is 0 Å². The number of primary amides is 1. The highest BCUT2D eigenvalue weighted by molar-refractivity contribution is 7.87. The minimum Gasteiger partial charge on any atom is -0.368 e. The number of hydrogen-bond donors (Lipinski definition) is 1. The van der Waals surface area contributed by atoms with Crippen LogP contribution in [-0.2, 0) is 15.6 Å². The minimum atomic E-state index is -1.41. The fourth-order valence-corrected chi connectivity index (χ4v) is 5.74. The summed E-state index contributed by atoms with van der Waals surface area (Å²) in [5.41, 5.74) is 7.70. The van der Waals surface area contributed by atoms with E-state index in [4.69, 9.17) is 5.73 Å². The van der Waals surface area contributed by atoms with E-state index in [9.17, 15) is 9.00 Å². The van der Waals surface area contributed by atoms with Gasteiger partial charge in [-0.3, -0.25) is 9.00 Å². The first-order valence-corrected chi connectivity index (χ1v) is 9.67. The molecule has 1 aliphatic carbocycles. The summed E-state index contributed by atoms with van der Waals surface area (Å²) in [7, 11) is -1.41. The largest absolute Gasteiger partial charge is 0.368 e. The topological polar surface area (TPSA) is 60.2 Å². The van der Waals surface area contributed by atoms with E-state index in [2.05, 4.69) is 0 Å². The van der Waals surface area contributed by atoms with Gasteiger partial charge in [-0.05, 0) is 24.0 Å². The average Bonchev–Trinajstić information content (AvgIpc) is 2.64. The Labute approximate surface area is 145 Å². The molecule has 2 aromatic carbocycles. The van der Waals surface area contributed by atoms with E-state index in [0.29, 0.717) is 12.8 Å². The third-order valence-electron chi connectivity index (χ3n) is 4.91. The zero-order valence-electron chi connectivity index (χ0n) is 13.7. The van der Waals surface area contributed by atoms with Crippen molar-refractivity contribution in [3.05, 3.63) is 71.8 Å². The molecule has 0 bridgehead atoms. The lowest BCUT2D eigenvalue weighted by atomic mass is 9.88. The maximum absolute atomic E-state index is 13.7. The van der Waals surface area contributed by atoms with Gasteiger partial charge in [-0.25, -0.2) is 0 Å². The molecule has 0 aliphatic heterocycles. The molecular formula is C20H23NO2S.